The summed E-state index contributed by atoms with van der Waals surface area (Å²) in [5, 5.41) is 2.79. The van der Waals surface area contributed by atoms with Crippen LogP contribution in [0.2, 0.25) is 0 Å². The lowest BCUT2D eigenvalue weighted by Gasteiger charge is -2.02. The molecule has 6 nitrogen and oxygen atoms in total. The van der Waals surface area contributed by atoms with Crippen LogP contribution in [0.25, 0.3) is 0 Å². The largest absolute Gasteiger partial charge is 0.472 e. The van der Waals surface area contributed by atoms with E-state index in [-0.39, 0.29) is 11.6 Å². The topological polar surface area (TPSA) is 84.5 Å². The number of nitrogens with one attached hydrogen (secondary N) is 2. The second-order valence-corrected chi connectivity index (χ2v) is 5.41. The number of hydrogen-bond donors (Lipinski definition) is 2. The Hall–Kier alpha value is -1.57. The SMILES string of the molecule is CNCc1ccc(S(=O)(=O)NCc2ccoc2)o1. The third kappa shape index (κ3) is 3.00. The molecule has 0 unspecified atom stereocenters. The van der Waals surface area contributed by atoms with Gasteiger partial charge in [0, 0.05) is 12.1 Å². The lowest BCUT2D eigenvalue weighted by Crippen LogP contribution is -2.22. The molecule has 18 heavy (non-hydrogen) atoms. The molecule has 2 aromatic heterocycles. The maximum atomic E-state index is 11.9. The van der Waals surface area contributed by atoms with E-state index in [1.165, 1.54) is 18.6 Å². The summed E-state index contributed by atoms with van der Waals surface area (Å²) in [6, 6.07) is 4.75. The third-order valence-electron chi connectivity index (χ3n) is 2.30. The van der Waals surface area contributed by atoms with Crippen LogP contribution >= 0.6 is 0 Å². The third-order valence-corrected chi connectivity index (χ3v) is 3.57. The number of hydrogen-bond acceptors (Lipinski definition) is 5. The van der Waals surface area contributed by atoms with Crippen LogP contribution in [0.1, 0.15) is 11.3 Å². The molecule has 0 bridgehead atoms. The molecular formula is C11H14N2O4S. The van der Waals surface area contributed by atoms with Crippen molar-refractivity contribution in [2.45, 2.75) is 18.2 Å². The average Bonchev–Trinajstić information content (AvgIpc) is 2.98. The minimum absolute atomic E-state index is 0.0868. The summed E-state index contributed by atoms with van der Waals surface area (Å²) in [7, 11) is -1.86. The Morgan fingerprint density at radius 2 is 2.06 bits per heavy atom. The van der Waals surface area contributed by atoms with E-state index in [0.29, 0.717) is 12.3 Å². The molecule has 0 aliphatic carbocycles. The van der Waals surface area contributed by atoms with Crippen LogP contribution in [0.5, 0.6) is 0 Å². The standard InChI is InChI=1S/C11H14N2O4S/c1-12-7-10-2-3-11(17-10)18(14,15)13-6-9-4-5-16-8-9/h2-5,8,12-13H,6-7H2,1H3. The van der Waals surface area contributed by atoms with Crippen LogP contribution in [0.15, 0.2) is 44.7 Å². The van der Waals surface area contributed by atoms with E-state index < -0.39 is 10.0 Å². The Morgan fingerprint density at radius 1 is 1.22 bits per heavy atom. The van der Waals surface area contributed by atoms with E-state index in [4.69, 9.17) is 8.83 Å². The molecule has 0 saturated heterocycles. The van der Waals surface area contributed by atoms with Crippen molar-refractivity contribution in [3.63, 3.8) is 0 Å². The summed E-state index contributed by atoms with van der Waals surface area (Å²) in [6.45, 7) is 0.651. The fourth-order valence-corrected chi connectivity index (χ4v) is 2.38. The Labute approximate surface area is 105 Å². The maximum Gasteiger partial charge on any atom is 0.274 e. The Bertz CT molecular complexity index is 586. The van der Waals surface area contributed by atoms with Crippen LogP contribution in [0, 0.1) is 0 Å². The average molecular weight is 270 g/mol. The molecule has 0 aliphatic heterocycles. The molecule has 0 atom stereocenters. The fraction of sp³-hybridized carbons (Fsp3) is 0.273. The zero-order valence-electron chi connectivity index (χ0n) is 9.84. The van der Waals surface area contributed by atoms with Crippen LogP contribution < -0.4 is 10.0 Å². The highest BCUT2D eigenvalue weighted by molar-refractivity contribution is 7.89. The minimum Gasteiger partial charge on any atom is -0.472 e. The molecule has 2 rings (SSSR count). The van der Waals surface area contributed by atoms with Crippen molar-refractivity contribution in [2.24, 2.45) is 0 Å². The highest BCUT2D eigenvalue weighted by atomic mass is 32.2. The van der Waals surface area contributed by atoms with E-state index in [1.54, 1.807) is 19.2 Å². The summed E-state index contributed by atoms with van der Waals surface area (Å²) in [6.07, 6.45) is 2.97. The Kier molecular flexibility index (Phi) is 3.85. The second kappa shape index (κ2) is 5.38. The second-order valence-electron chi connectivity index (χ2n) is 3.71. The van der Waals surface area contributed by atoms with Crippen molar-refractivity contribution in [3.05, 3.63) is 42.0 Å². The van der Waals surface area contributed by atoms with Gasteiger partial charge in [0.05, 0.1) is 19.1 Å². The van der Waals surface area contributed by atoms with Gasteiger partial charge in [0.25, 0.3) is 10.0 Å². The fourth-order valence-electron chi connectivity index (χ4n) is 1.41. The quantitative estimate of drug-likeness (QED) is 0.820. The monoisotopic (exact) mass is 270 g/mol. The van der Waals surface area contributed by atoms with Crippen LogP contribution in [-0.4, -0.2) is 15.5 Å². The number of rotatable bonds is 6. The summed E-state index contributed by atoms with van der Waals surface area (Å²) < 4.78 is 36.3. The lowest BCUT2D eigenvalue weighted by molar-refractivity contribution is 0.404. The van der Waals surface area contributed by atoms with Crippen LogP contribution in [-0.2, 0) is 23.1 Å². The van der Waals surface area contributed by atoms with Crippen LogP contribution in [0.4, 0.5) is 0 Å². The lowest BCUT2D eigenvalue weighted by atomic mass is 10.4. The van der Waals surface area contributed by atoms with Crippen molar-refractivity contribution in [3.8, 4) is 0 Å². The molecule has 0 spiro atoms. The zero-order chi connectivity index (χ0) is 13.0. The minimum atomic E-state index is -3.62. The number of sulfonamides is 1. The van der Waals surface area contributed by atoms with Gasteiger partial charge in [-0.2, -0.15) is 0 Å². The maximum absolute atomic E-state index is 11.9. The molecular weight excluding hydrogens is 256 g/mol. The molecule has 2 aromatic rings. The predicted octanol–water partition coefficient (Wildman–Crippen LogP) is 1.07. The van der Waals surface area contributed by atoms with Gasteiger partial charge in [0.1, 0.15) is 5.76 Å². The van der Waals surface area contributed by atoms with Gasteiger partial charge in [-0.15, -0.1) is 0 Å². The molecule has 0 saturated carbocycles. The van der Waals surface area contributed by atoms with E-state index in [2.05, 4.69) is 10.0 Å². The summed E-state index contributed by atoms with van der Waals surface area (Å²) >= 11 is 0. The van der Waals surface area contributed by atoms with Gasteiger partial charge in [-0.3, -0.25) is 0 Å². The van der Waals surface area contributed by atoms with Gasteiger partial charge in [0.15, 0.2) is 0 Å². The molecule has 0 amide bonds. The smallest absolute Gasteiger partial charge is 0.274 e. The van der Waals surface area contributed by atoms with E-state index in [9.17, 15) is 8.42 Å². The van der Waals surface area contributed by atoms with Crippen molar-refractivity contribution >= 4 is 10.0 Å². The molecule has 0 radical (unpaired) electrons. The van der Waals surface area contributed by atoms with Crippen molar-refractivity contribution in [1.29, 1.82) is 0 Å². The molecule has 0 aromatic carbocycles. The van der Waals surface area contributed by atoms with Crippen molar-refractivity contribution in [2.75, 3.05) is 7.05 Å². The van der Waals surface area contributed by atoms with Gasteiger partial charge >= 0.3 is 0 Å². The first kappa shape index (κ1) is 12.9. The first-order valence-corrected chi connectivity index (χ1v) is 6.84. The van der Waals surface area contributed by atoms with Gasteiger partial charge in [0.2, 0.25) is 5.09 Å². The molecule has 0 aliphatic rings. The predicted molar refractivity (Wildman–Crippen MR) is 64.2 cm³/mol. The van der Waals surface area contributed by atoms with Gasteiger partial charge in [-0.1, -0.05) is 0 Å². The summed E-state index contributed by atoms with van der Waals surface area (Å²) in [5.74, 6) is 0.571. The van der Waals surface area contributed by atoms with Gasteiger partial charge in [-0.25, -0.2) is 13.1 Å². The van der Waals surface area contributed by atoms with E-state index in [0.717, 1.165) is 5.56 Å². The highest BCUT2D eigenvalue weighted by Crippen LogP contribution is 2.14. The van der Waals surface area contributed by atoms with E-state index in [1.807, 2.05) is 0 Å². The first-order valence-electron chi connectivity index (χ1n) is 5.36. The molecule has 0 fully saturated rings. The summed E-state index contributed by atoms with van der Waals surface area (Å²) in [4.78, 5) is 0. The number of furan rings is 2. The van der Waals surface area contributed by atoms with Gasteiger partial charge < -0.3 is 14.2 Å². The molecule has 98 valence electrons. The van der Waals surface area contributed by atoms with E-state index >= 15 is 0 Å². The zero-order valence-corrected chi connectivity index (χ0v) is 10.7. The normalized spacial score (nSPS) is 11.8. The Morgan fingerprint density at radius 3 is 2.72 bits per heavy atom. The molecule has 2 heterocycles. The Balaban J connectivity index is 2.05. The van der Waals surface area contributed by atoms with Crippen molar-refractivity contribution < 1.29 is 17.3 Å². The van der Waals surface area contributed by atoms with Crippen LogP contribution in [0.3, 0.4) is 0 Å². The summed E-state index contributed by atoms with van der Waals surface area (Å²) in [5.41, 5.74) is 0.751. The first-order chi connectivity index (χ1) is 8.62. The van der Waals surface area contributed by atoms with Crippen molar-refractivity contribution in [1.82, 2.24) is 10.0 Å². The molecule has 7 heteroatoms. The van der Waals surface area contributed by atoms with Gasteiger partial charge in [-0.05, 0) is 25.2 Å². The molecule has 2 N–H and O–H groups in total. The highest BCUT2D eigenvalue weighted by Gasteiger charge is 2.18.